The van der Waals surface area contributed by atoms with Gasteiger partial charge in [-0.15, -0.1) is 0 Å². The first-order valence-electron chi connectivity index (χ1n) is 18.2. The molecule has 0 aliphatic rings. The summed E-state index contributed by atoms with van der Waals surface area (Å²) in [7, 11) is -1.03. The van der Waals surface area contributed by atoms with E-state index >= 15 is 0 Å². The third-order valence-corrected chi connectivity index (χ3v) is 14.8. The SMILES string of the molecule is C=CC(=O)OCCC(CCCCCCCCCCCCCCCCCCC)[P+](CCCC)(CCCC)CCCC. The van der Waals surface area contributed by atoms with E-state index in [0.717, 1.165) is 12.1 Å². The molecular formula is C37H74O2P+. The lowest BCUT2D eigenvalue weighted by molar-refractivity contribution is -0.137. The molecule has 0 aromatic carbocycles. The summed E-state index contributed by atoms with van der Waals surface area (Å²) in [5.74, 6) is -0.254. The first-order valence-corrected chi connectivity index (χ1v) is 20.7. The Labute approximate surface area is 254 Å². The van der Waals surface area contributed by atoms with E-state index in [1.165, 1.54) is 179 Å². The average Bonchev–Trinajstić information content (AvgIpc) is 2.97. The van der Waals surface area contributed by atoms with Crippen LogP contribution in [-0.4, -0.2) is 36.7 Å². The van der Waals surface area contributed by atoms with Gasteiger partial charge in [-0.05, 0) is 32.1 Å². The van der Waals surface area contributed by atoms with Crippen LogP contribution in [0.15, 0.2) is 12.7 Å². The molecule has 0 bridgehead atoms. The molecule has 0 rings (SSSR count). The van der Waals surface area contributed by atoms with Crippen molar-refractivity contribution in [2.75, 3.05) is 25.1 Å². The molecule has 0 aliphatic carbocycles. The van der Waals surface area contributed by atoms with Crippen molar-refractivity contribution < 1.29 is 9.53 Å². The number of rotatable bonds is 32. The number of carbonyl (C=O) groups excluding carboxylic acids is 1. The second kappa shape index (κ2) is 30.1. The van der Waals surface area contributed by atoms with Gasteiger partial charge in [0.05, 0.1) is 30.8 Å². The van der Waals surface area contributed by atoms with Gasteiger partial charge in [0.25, 0.3) is 0 Å². The molecule has 1 atom stereocenters. The van der Waals surface area contributed by atoms with E-state index in [1.807, 2.05) is 0 Å². The number of unbranched alkanes of at least 4 members (excludes halogenated alkanes) is 19. The molecule has 0 N–H and O–H groups in total. The van der Waals surface area contributed by atoms with Crippen LogP contribution in [0.4, 0.5) is 0 Å². The van der Waals surface area contributed by atoms with Gasteiger partial charge in [-0.1, -0.05) is 156 Å². The minimum atomic E-state index is -1.03. The van der Waals surface area contributed by atoms with Crippen molar-refractivity contribution in [3.05, 3.63) is 12.7 Å². The molecule has 0 aromatic rings. The maximum absolute atomic E-state index is 11.8. The highest BCUT2D eigenvalue weighted by molar-refractivity contribution is 7.76. The van der Waals surface area contributed by atoms with Crippen molar-refractivity contribution in [1.82, 2.24) is 0 Å². The number of carbonyl (C=O) groups is 1. The number of ether oxygens (including phenoxy) is 1. The molecule has 2 nitrogen and oxygen atoms in total. The highest BCUT2D eigenvalue weighted by Crippen LogP contribution is 2.66. The lowest BCUT2D eigenvalue weighted by Crippen LogP contribution is -2.25. The second-order valence-electron chi connectivity index (χ2n) is 12.7. The maximum Gasteiger partial charge on any atom is 0.330 e. The van der Waals surface area contributed by atoms with Crippen LogP contribution in [0.25, 0.3) is 0 Å². The molecule has 238 valence electrons. The average molecular weight is 582 g/mol. The summed E-state index contributed by atoms with van der Waals surface area (Å²) in [4.78, 5) is 11.8. The van der Waals surface area contributed by atoms with E-state index in [-0.39, 0.29) is 5.97 Å². The summed E-state index contributed by atoms with van der Waals surface area (Å²) in [6.45, 7) is 13.5. The van der Waals surface area contributed by atoms with Gasteiger partial charge in [-0.3, -0.25) is 0 Å². The minimum absolute atomic E-state index is 0.254. The number of hydrogen-bond acceptors (Lipinski definition) is 2. The molecule has 0 spiro atoms. The number of hydrogen-bond donors (Lipinski definition) is 0. The Morgan fingerprint density at radius 3 is 1.25 bits per heavy atom. The molecule has 0 saturated carbocycles. The summed E-state index contributed by atoms with van der Waals surface area (Å²) in [6.07, 6.45) is 40.5. The Morgan fingerprint density at radius 2 is 0.900 bits per heavy atom. The predicted molar refractivity (Wildman–Crippen MR) is 185 cm³/mol. The van der Waals surface area contributed by atoms with E-state index in [4.69, 9.17) is 4.74 Å². The maximum atomic E-state index is 11.8. The largest absolute Gasteiger partial charge is 0.462 e. The number of esters is 1. The van der Waals surface area contributed by atoms with Gasteiger partial charge >= 0.3 is 5.97 Å². The van der Waals surface area contributed by atoms with E-state index in [1.54, 1.807) is 0 Å². The van der Waals surface area contributed by atoms with Crippen molar-refractivity contribution >= 4 is 13.2 Å². The summed E-state index contributed by atoms with van der Waals surface area (Å²) in [5, 5.41) is 0. The van der Waals surface area contributed by atoms with Crippen LogP contribution in [0.1, 0.15) is 188 Å². The third kappa shape index (κ3) is 22.3. The smallest absolute Gasteiger partial charge is 0.330 e. The van der Waals surface area contributed by atoms with E-state index in [0.29, 0.717) is 6.61 Å². The monoisotopic (exact) mass is 582 g/mol. The predicted octanol–water partition coefficient (Wildman–Crippen LogP) is 12.9. The minimum Gasteiger partial charge on any atom is -0.462 e. The van der Waals surface area contributed by atoms with E-state index in [9.17, 15) is 4.79 Å². The zero-order chi connectivity index (χ0) is 29.6. The summed E-state index contributed by atoms with van der Waals surface area (Å²) in [6, 6.07) is 0. The fourth-order valence-corrected chi connectivity index (χ4v) is 12.4. The summed E-state index contributed by atoms with van der Waals surface area (Å²) < 4.78 is 5.53. The second-order valence-corrected chi connectivity index (χ2v) is 17.2. The van der Waals surface area contributed by atoms with Crippen molar-refractivity contribution in [1.29, 1.82) is 0 Å². The summed E-state index contributed by atoms with van der Waals surface area (Å²) in [5.41, 5.74) is 0.783. The van der Waals surface area contributed by atoms with Gasteiger partial charge in [0.15, 0.2) is 0 Å². The molecule has 0 aromatic heterocycles. The third-order valence-electron chi connectivity index (χ3n) is 9.15. The van der Waals surface area contributed by atoms with Gasteiger partial charge in [0, 0.05) is 19.8 Å². The van der Waals surface area contributed by atoms with Gasteiger partial charge in [-0.2, -0.15) is 0 Å². The van der Waals surface area contributed by atoms with Crippen LogP contribution >= 0.6 is 7.26 Å². The molecule has 40 heavy (non-hydrogen) atoms. The fraction of sp³-hybridized carbons (Fsp3) is 0.919. The standard InChI is InChI=1S/C37H74O2P/c1-6-11-15-16-17-18-19-20-21-22-23-24-25-26-27-28-29-30-36(31-32-39-37(38)10-5)40(33-12-7-2,34-13-8-3)35-14-9-4/h10,36H,5-9,11-35H2,1-4H3/q+1. The molecule has 0 amide bonds. The molecule has 0 aliphatic heterocycles. The quantitative estimate of drug-likeness (QED) is 0.0342. The Bertz CT molecular complexity index is 525. The Kier molecular flexibility index (Phi) is 29.8. The van der Waals surface area contributed by atoms with Crippen molar-refractivity contribution in [2.24, 2.45) is 0 Å². The Morgan fingerprint density at radius 1 is 0.550 bits per heavy atom. The van der Waals surface area contributed by atoms with Crippen LogP contribution in [0.2, 0.25) is 0 Å². The highest BCUT2D eigenvalue weighted by Gasteiger charge is 2.43. The zero-order valence-electron chi connectivity index (χ0n) is 28.1. The molecule has 1 unspecified atom stereocenters. The van der Waals surface area contributed by atoms with Gasteiger partial charge in [-0.25, -0.2) is 4.79 Å². The van der Waals surface area contributed by atoms with Crippen LogP contribution < -0.4 is 0 Å². The molecule has 0 saturated heterocycles. The van der Waals surface area contributed by atoms with Crippen molar-refractivity contribution in [3.63, 3.8) is 0 Å². The van der Waals surface area contributed by atoms with Gasteiger partial charge < -0.3 is 4.74 Å². The molecule has 0 heterocycles. The van der Waals surface area contributed by atoms with E-state index < -0.39 is 7.26 Å². The molecule has 0 radical (unpaired) electrons. The summed E-state index contributed by atoms with van der Waals surface area (Å²) >= 11 is 0. The fourth-order valence-electron chi connectivity index (χ4n) is 6.45. The normalized spacial score (nSPS) is 12.5. The Balaban J connectivity index is 4.41. The first kappa shape index (κ1) is 39.6. The Hall–Kier alpha value is -0.360. The van der Waals surface area contributed by atoms with Crippen LogP contribution in [0.3, 0.4) is 0 Å². The first-order chi connectivity index (χ1) is 19.6. The molecular weight excluding hydrogens is 507 g/mol. The van der Waals surface area contributed by atoms with Crippen LogP contribution in [0.5, 0.6) is 0 Å². The van der Waals surface area contributed by atoms with Gasteiger partial charge in [0.2, 0.25) is 0 Å². The van der Waals surface area contributed by atoms with Crippen molar-refractivity contribution in [3.8, 4) is 0 Å². The van der Waals surface area contributed by atoms with Gasteiger partial charge in [0.1, 0.15) is 0 Å². The van der Waals surface area contributed by atoms with Crippen molar-refractivity contribution in [2.45, 2.75) is 194 Å². The van der Waals surface area contributed by atoms with Crippen LogP contribution in [-0.2, 0) is 9.53 Å². The highest BCUT2D eigenvalue weighted by atomic mass is 31.2. The molecule has 3 heteroatoms. The topological polar surface area (TPSA) is 26.3 Å². The lowest BCUT2D eigenvalue weighted by atomic mass is 10.0. The van der Waals surface area contributed by atoms with Crippen LogP contribution in [0, 0.1) is 0 Å². The molecule has 0 fully saturated rings. The lowest BCUT2D eigenvalue weighted by Gasteiger charge is -2.36. The zero-order valence-corrected chi connectivity index (χ0v) is 29.0. The van der Waals surface area contributed by atoms with E-state index in [2.05, 4.69) is 34.3 Å².